The fourth-order valence-corrected chi connectivity index (χ4v) is 2.48. The van der Waals surface area contributed by atoms with Crippen LogP contribution in [0.1, 0.15) is 0 Å². The zero-order valence-electron chi connectivity index (χ0n) is 11.0. The van der Waals surface area contributed by atoms with E-state index in [1.165, 1.54) is 0 Å². The van der Waals surface area contributed by atoms with Gasteiger partial charge in [0.25, 0.3) is 5.78 Å². The highest BCUT2D eigenvalue weighted by Crippen LogP contribution is 2.30. The van der Waals surface area contributed by atoms with Gasteiger partial charge in [0, 0.05) is 39.9 Å². The minimum absolute atomic E-state index is 0.521. The number of imidazole rings is 1. The standard InChI is InChI=1S/C13H12N4O2S/c1-19-12-7-9(20(2)18)3-4-10(12)11-8-17-6-5-14-16-13(17)15-11/h3-8H,1-2H3. The number of nitrogens with zero attached hydrogens (tertiary/aromatic N) is 4. The normalized spacial score (nSPS) is 12.5. The molecule has 0 amide bonds. The molecule has 20 heavy (non-hydrogen) atoms. The monoisotopic (exact) mass is 288 g/mol. The van der Waals surface area contributed by atoms with Gasteiger partial charge in [-0.3, -0.25) is 8.61 Å². The summed E-state index contributed by atoms with van der Waals surface area (Å²) in [5, 5.41) is 7.74. The van der Waals surface area contributed by atoms with Crippen molar-refractivity contribution < 1.29 is 8.95 Å². The van der Waals surface area contributed by atoms with Crippen LogP contribution in [0, 0.1) is 0 Å². The van der Waals surface area contributed by atoms with E-state index in [0.717, 1.165) is 11.3 Å². The second kappa shape index (κ2) is 5.01. The number of aromatic nitrogens is 4. The number of hydrogen-bond acceptors (Lipinski definition) is 5. The van der Waals surface area contributed by atoms with Crippen LogP contribution in [0.4, 0.5) is 0 Å². The predicted molar refractivity (Wildman–Crippen MR) is 75.1 cm³/mol. The third kappa shape index (κ3) is 2.16. The van der Waals surface area contributed by atoms with E-state index in [4.69, 9.17) is 4.74 Å². The van der Waals surface area contributed by atoms with Crippen molar-refractivity contribution in [3.8, 4) is 17.0 Å². The minimum atomic E-state index is -1.05. The molecule has 7 heteroatoms. The van der Waals surface area contributed by atoms with E-state index < -0.39 is 10.8 Å². The summed E-state index contributed by atoms with van der Waals surface area (Å²) in [5.74, 6) is 1.15. The average Bonchev–Trinajstić information content (AvgIpc) is 2.90. The Bertz CT molecular complexity index is 767. The Morgan fingerprint density at radius 2 is 2.20 bits per heavy atom. The summed E-state index contributed by atoms with van der Waals surface area (Å²) >= 11 is 0. The lowest BCUT2D eigenvalue weighted by Gasteiger charge is -2.07. The SMILES string of the molecule is COc1cc(S(C)=O)ccc1-c1cn2ccnnc2n1. The molecule has 0 spiro atoms. The van der Waals surface area contributed by atoms with E-state index in [0.29, 0.717) is 16.4 Å². The highest BCUT2D eigenvalue weighted by molar-refractivity contribution is 7.84. The van der Waals surface area contributed by atoms with Crippen molar-refractivity contribution in [2.24, 2.45) is 0 Å². The molecule has 0 saturated heterocycles. The number of ether oxygens (including phenoxy) is 1. The summed E-state index contributed by atoms with van der Waals surface area (Å²) in [7, 11) is 0.532. The first-order valence-corrected chi connectivity index (χ1v) is 7.43. The molecule has 0 saturated carbocycles. The summed E-state index contributed by atoms with van der Waals surface area (Å²) < 4.78 is 18.7. The molecule has 6 nitrogen and oxygen atoms in total. The predicted octanol–water partition coefficient (Wildman–Crippen LogP) is 1.54. The van der Waals surface area contributed by atoms with Gasteiger partial charge in [-0.15, -0.1) is 5.10 Å². The molecule has 0 aliphatic rings. The van der Waals surface area contributed by atoms with Crippen LogP contribution in [-0.4, -0.2) is 37.2 Å². The van der Waals surface area contributed by atoms with Crippen LogP contribution in [-0.2, 0) is 10.8 Å². The van der Waals surface area contributed by atoms with Crippen molar-refractivity contribution in [3.63, 3.8) is 0 Å². The molecule has 1 aromatic carbocycles. The van der Waals surface area contributed by atoms with Gasteiger partial charge in [0.1, 0.15) is 5.75 Å². The lowest BCUT2D eigenvalue weighted by molar-refractivity contribution is 0.415. The van der Waals surface area contributed by atoms with Gasteiger partial charge in [0.2, 0.25) is 0 Å². The van der Waals surface area contributed by atoms with E-state index in [1.54, 1.807) is 36.2 Å². The largest absolute Gasteiger partial charge is 0.496 e. The second-order valence-electron chi connectivity index (χ2n) is 4.16. The van der Waals surface area contributed by atoms with Gasteiger partial charge in [-0.1, -0.05) is 0 Å². The van der Waals surface area contributed by atoms with E-state index in [2.05, 4.69) is 15.2 Å². The van der Waals surface area contributed by atoms with Gasteiger partial charge in [0.05, 0.1) is 19.0 Å². The first-order valence-electron chi connectivity index (χ1n) is 5.87. The molecule has 0 aliphatic heterocycles. The van der Waals surface area contributed by atoms with Crippen LogP contribution < -0.4 is 4.74 Å². The summed E-state index contributed by atoms with van der Waals surface area (Å²) in [6.07, 6.45) is 6.86. The maximum Gasteiger partial charge on any atom is 0.254 e. The molecule has 3 rings (SSSR count). The van der Waals surface area contributed by atoms with E-state index in [-0.39, 0.29) is 0 Å². The van der Waals surface area contributed by atoms with E-state index in [9.17, 15) is 4.21 Å². The van der Waals surface area contributed by atoms with Crippen LogP contribution in [0.25, 0.3) is 17.0 Å². The Balaban J connectivity index is 2.15. The maximum absolute atomic E-state index is 11.5. The van der Waals surface area contributed by atoms with Gasteiger partial charge in [0.15, 0.2) is 0 Å². The summed E-state index contributed by atoms with van der Waals surface area (Å²) in [6, 6.07) is 5.43. The van der Waals surface area contributed by atoms with Crippen molar-refractivity contribution in [2.75, 3.05) is 13.4 Å². The molecule has 1 unspecified atom stereocenters. The smallest absolute Gasteiger partial charge is 0.254 e. The molecule has 0 radical (unpaired) electrons. The van der Waals surface area contributed by atoms with Crippen LogP contribution in [0.3, 0.4) is 0 Å². The summed E-state index contributed by atoms with van der Waals surface area (Å²) in [6.45, 7) is 0. The molecule has 102 valence electrons. The summed E-state index contributed by atoms with van der Waals surface area (Å²) in [4.78, 5) is 5.12. The van der Waals surface area contributed by atoms with Crippen LogP contribution in [0.5, 0.6) is 5.75 Å². The molecule has 0 N–H and O–H groups in total. The topological polar surface area (TPSA) is 69.4 Å². The van der Waals surface area contributed by atoms with Gasteiger partial charge >= 0.3 is 0 Å². The second-order valence-corrected chi connectivity index (χ2v) is 5.54. The number of methoxy groups -OCH3 is 1. The van der Waals surface area contributed by atoms with Gasteiger partial charge < -0.3 is 4.74 Å². The highest BCUT2D eigenvalue weighted by Gasteiger charge is 2.12. The zero-order valence-corrected chi connectivity index (χ0v) is 11.8. The van der Waals surface area contributed by atoms with Crippen molar-refractivity contribution in [1.29, 1.82) is 0 Å². The minimum Gasteiger partial charge on any atom is -0.496 e. The molecule has 1 atom stereocenters. The van der Waals surface area contributed by atoms with Gasteiger partial charge in [-0.2, -0.15) is 5.10 Å². The molecular weight excluding hydrogens is 276 g/mol. The van der Waals surface area contributed by atoms with Crippen molar-refractivity contribution in [2.45, 2.75) is 4.90 Å². The third-order valence-electron chi connectivity index (χ3n) is 2.93. The number of rotatable bonds is 3. The molecular formula is C13H12N4O2S. The van der Waals surface area contributed by atoms with Gasteiger partial charge in [-0.25, -0.2) is 4.98 Å². The molecule has 2 aromatic heterocycles. The summed E-state index contributed by atoms with van der Waals surface area (Å²) in [5.41, 5.74) is 1.56. The Kier molecular flexibility index (Phi) is 3.19. The number of benzene rings is 1. The first kappa shape index (κ1) is 12.7. The fourth-order valence-electron chi connectivity index (χ4n) is 1.95. The van der Waals surface area contributed by atoms with Crippen molar-refractivity contribution >= 4 is 16.6 Å². The Morgan fingerprint density at radius 1 is 1.35 bits per heavy atom. The average molecular weight is 288 g/mol. The number of hydrogen-bond donors (Lipinski definition) is 0. The lowest BCUT2D eigenvalue weighted by atomic mass is 10.1. The molecule has 0 fully saturated rings. The van der Waals surface area contributed by atoms with Crippen molar-refractivity contribution in [3.05, 3.63) is 36.8 Å². The van der Waals surface area contributed by atoms with E-state index in [1.807, 2.05) is 18.3 Å². The quantitative estimate of drug-likeness (QED) is 0.731. The van der Waals surface area contributed by atoms with Gasteiger partial charge in [-0.05, 0) is 18.2 Å². The highest BCUT2D eigenvalue weighted by atomic mass is 32.2. The first-order chi connectivity index (χ1) is 9.69. The number of fused-ring (bicyclic) bond motifs is 1. The third-order valence-corrected chi connectivity index (χ3v) is 3.85. The zero-order chi connectivity index (χ0) is 14.1. The Morgan fingerprint density at radius 3 is 2.90 bits per heavy atom. The molecule has 2 heterocycles. The Labute approximate surface area is 117 Å². The maximum atomic E-state index is 11.5. The molecule has 0 aliphatic carbocycles. The van der Waals surface area contributed by atoms with Crippen LogP contribution >= 0.6 is 0 Å². The fraction of sp³-hybridized carbons (Fsp3) is 0.154. The van der Waals surface area contributed by atoms with Crippen LogP contribution in [0.15, 0.2) is 41.7 Å². The van der Waals surface area contributed by atoms with E-state index >= 15 is 0 Å². The molecule has 3 aromatic rings. The van der Waals surface area contributed by atoms with Crippen molar-refractivity contribution in [1.82, 2.24) is 19.6 Å². The lowest BCUT2D eigenvalue weighted by Crippen LogP contribution is -1.93. The molecule has 0 bridgehead atoms. The Hall–Kier alpha value is -2.28. The van der Waals surface area contributed by atoms with Crippen LogP contribution in [0.2, 0.25) is 0 Å².